The molecule has 1 fully saturated rings. The molecule has 0 bridgehead atoms. The summed E-state index contributed by atoms with van der Waals surface area (Å²) in [5, 5.41) is 0.558. The van der Waals surface area contributed by atoms with Crippen molar-refractivity contribution in [2.45, 2.75) is 52.0 Å². The molecule has 8 nitrogen and oxygen atoms in total. The molecule has 9 heteroatoms. The Balaban J connectivity index is 1.71. The highest BCUT2D eigenvalue weighted by atomic mass is 32.1. The lowest BCUT2D eigenvalue weighted by atomic mass is 9.97. The van der Waals surface area contributed by atoms with Gasteiger partial charge in [0, 0.05) is 24.0 Å². The van der Waals surface area contributed by atoms with Crippen molar-refractivity contribution in [2.75, 3.05) is 27.3 Å². The number of thiophene rings is 1. The lowest BCUT2D eigenvalue weighted by molar-refractivity contribution is -0.133. The normalized spacial score (nSPS) is 16.4. The van der Waals surface area contributed by atoms with Gasteiger partial charge in [-0.2, -0.15) is 0 Å². The van der Waals surface area contributed by atoms with Gasteiger partial charge in [0.1, 0.15) is 22.9 Å². The van der Waals surface area contributed by atoms with E-state index < -0.39 is 5.69 Å². The molecule has 1 amide bonds. The van der Waals surface area contributed by atoms with Gasteiger partial charge < -0.3 is 14.4 Å². The Morgan fingerprint density at radius 1 is 1.09 bits per heavy atom. The maximum Gasteiger partial charge on any atom is 0.337 e. The fraction of sp³-hybridized carbons (Fsp3) is 0.500. The third kappa shape index (κ3) is 4.16. The number of fused-ring (bicyclic) bond motifs is 3. The monoisotopic (exact) mass is 497 g/mol. The van der Waals surface area contributed by atoms with Crippen LogP contribution in [0.1, 0.15) is 43.0 Å². The van der Waals surface area contributed by atoms with Crippen LogP contribution in [0.5, 0.6) is 11.5 Å². The fourth-order valence-corrected chi connectivity index (χ4v) is 6.56. The van der Waals surface area contributed by atoms with Gasteiger partial charge in [-0.05, 0) is 62.1 Å². The number of carbonyl (C=O) groups excluding carboxylic acids is 1. The summed E-state index contributed by atoms with van der Waals surface area (Å²) in [6, 6.07) is 5.00. The standard InChI is InChI=1S/C26H31N3O5S/c1-16-10-12-27(13-11-16)22(30)15-28-25-23(18-6-4-5-7-21(18)35-25)24(31)29(26(28)32)19-9-8-17(33-2)14-20(19)34-3/h8-9,14,16H,4-7,10-13,15H2,1-3H3. The average Bonchev–Trinajstić information content (AvgIpc) is 3.26. The zero-order valence-corrected chi connectivity index (χ0v) is 21.3. The number of aryl methyl sites for hydroxylation is 2. The van der Waals surface area contributed by atoms with Crippen LogP contribution < -0.4 is 20.7 Å². The van der Waals surface area contributed by atoms with E-state index in [-0.39, 0.29) is 18.0 Å². The average molecular weight is 498 g/mol. The van der Waals surface area contributed by atoms with Gasteiger partial charge in [0.2, 0.25) is 5.91 Å². The van der Waals surface area contributed by atoms with Crippen molar-refractivity contribution < 1.29 is 14.3 Å². The highest BCUT2D eigenvalue weighted by Gasteiger charge is 2.27. The molecule has 1 saturated heterocycles. The Hall–Kier alpha value is -3.07. The van der Waals surface area contributed by atoms with Crippen molar-refractivity contribution in [1.29, 1.82) is 0 Å². The van der Waals surface area contributed by atoms with Crippen molar-refractivity contribution in [3.05, 3.63) is 49.5 Å². The molecule has 0 unspecified atom stereocenters. The Labute approximate surface area is 207 Å². The lowest BCUT2D eigenvalue weighted by Gasteiger charge is -2.30. The minimum absolute atomic E-state index is 0.0815. The molecule has 1 aliphatic carbocycles. The summed E-state index contributed by atoms with van der Waals surface area (Å²) in [4.78, 5) is 44.6. The van der Waals surface area contributed by atoms with Gasteiger partial charge in [-0.25, -0.2) is 9.36 Å². The predicted octanol–water partition coefficient (Wildman–Crippen LogP) is 3.37. The lowest BCUT2D eigenvalue weighted by Crippen LogP contribution is -2.44. The van der Waals surface area contributed by atoms with E-state index in [9.17, 15) is 14.4 Å². The number of amides is 1. The molecule has 186 valence electrons. The second-order valence-corrected chi connectivity index (χ2v) is 10.6. The first-order valence-electron chi connectivity index (χ1n) is 12.2. The molecule has 5 rings (SSSR count). The van der Waals surface area contributed by atoms with Crippen LogP contribution in [0.25, 0.3) is 15.9 Å². The third-order valence-electron chi connectivity index (χ3n) is 7.29. The van der Waals surface area contributed by atoms with Crippen LogP contribution in [0, 0.1) is 5.92 Å². The summed E-state index contributed by atoms with van der Waals surface area (Å²) in [6.45, 7) is 3.52. The Bertz CT molecular complexity index is 1390. The Morgan fingerprint density at radius 2 is 1.83 bits per heavy atom. The number of aromatic nitrogens is 2. The van der Waals surface area contributed by atoms with Crippen molar-refractivity contribution in [3.8, 4) is 17.2 Å². The number of hydrogen-bond donors (Lipinski definition) is 0. The number of piperidine rings is 1. The van der Waals surface area contributed by atoms with Crippen molar-refractivity contribution in [2.24, 2.45) is 5.92 Å². The summed E-state index contributed by atoms with van der Waals surface area (Å²) in [5.74, 6) is 1.43. The molecule has 2 aliphatic rings. The second kappa shape index (κ2) is 9.53. The first kappa shape index (κ1) is 23.7. The molecule has 0 N–H and O–H groups in total. The molecular formula is C26H31N3O5S. The third-order valence-corrected chi connectivity index (χ3v) is 8.61. The number of carbonyl (C=O) groups is 1. The van der Waals surface area contributed by atoms with Crippen LogP contribution in [0.3, 0.4) is 0 Å². The maximum absolute atomic E-state index is 13.9. The predicted molar refractivity (Wildman–Crippen MR) is 136 cm³/mol. The number of likely N-dealkylation sites (tertiary alicyclic amines) is 1. The van der Waals surface area contributed by atoms with Gasteiger partial charge in [-0.15, -0.1) is 11.3 Å². The van der Waals surface area contributed by atoms with E-state index in [0.29, 0.717) is 46.4 Å². The molecule has 35 heavy (non-hydrogen) atoms. The van der Waals surface area contributed by atoms with E-state index in [4.69, 9.17) is 9.47 Å². The Morgan fingerprint density at radius 3 is 2.54 bits per heavy atom. The molecule has 1 aromatic carbocycles. The smallest absolute Gasteiger partial charge is 0.337 e. The number of nitrogens with zero attached hydrogens (tertiary/aromatic N) is 3. The minimum Gasteiger partial charge on any atom is -0.497 e. The summed E-state index contributed by atoms with van der Waals surface area (Å²) >= 11 is 1.49. The minimum atomic E-state index is -0.525. The van der Waals surface area contributed by atoms with E-state index in [1.165, 1.54) is 23.0 Å². The van der Waals surface area contributed by atoms with Crippen molar-refractivity contribution in [3.63, 3.8) is 0 Å². The molecule has 0 saturated carbocycles. The van der Waals surface area contributed by atoms with Crippen LogP contribution in [-0.4, -0.2) is 47.3 Å². The Kier molecular flexibility index (Phi) is 6.44. The molecule has 0 spiro atoms. The second-order valence-electron chi connectivity index (χ2n) is 9.50. The number of rotatable bonds is 5. The van der Waals surface area contributed by atoms with E-state index in [1.807, 2.05) is 4.90 Å². The van der Waals surface area contributed by atoms with E-state index >= 15 is 0 Å². The van der Waals surface area contributed by atoms with Gasteiger partial charge in [0.25, 0.3) is 5.56 Å². The van der Waals surface area contributed by atoms with E-state index in [2.05, 4.69) is 6.92 Å². The number of ether oxygens (including phenoxy) is 2. The van der Waals surface area contributed by atoms with Gasteiger partial charge in [0.15, 0.2) is 0 Å². The van der Waals surface area contributed by atoms with E-state index in [1.54, 1.807) is 25.3 Å². The summed E-state index contributed by atoms with van der Waals surface area (Å²) < 4.78 is 13.5. The largest absolute Gasteiger partial charge is 0.497 e. The van der Waals surface area contributed by atoms with Crippen LogP contribution in [0.4, 0.5) is 0 Å². The van der Waals surface area contributed by atoms with Crippen LogP contribution in [-0.2, 0) is 24.2 Å². The highest BCUT2D eigenvalue weighted by molar-refractivity contribution is 7.18. The molecular weight excluding hydrogens is 466 g/mol. The van der Waals surface area contributed by atoms with E-state index in [0.717, 1.165) is 53.5 Å². The molecule has 1 aliphatic heterocycles. The molecule has 0 atom stereocenters. The fourth-order valence-electron chi connectivity index (χ4n) is 5.18. The number of hydrogen-bond acceptors (Lipinski definition) is 6. The summed E-state index contributed by atoms with van der Waals surface area (Å²) in [6.07, 6.45) is 5.70. The first-order valence-corrected chi connectivity index (χ1v) is 13.0. The highest BCUT2D eigenvalue weighted by Crippen LogP contribution is 2.35. The SMILES string of the molecule is COc1ccc(-n2c(=O)c3c4c(sc3n(CC(=O)N3CCC(C)CC3)c2=O)CCCC4)c(OC)c1. The van der Waals surface area contributed by atoms with Crippen molar-refractivity contribution >= 4 is 27.5 Å². The summed E-state index contributed by atoms with van der Waals surface area (Å²) in [7, 11) is 3.04. The molecule has 2 aromatic heterocycles. The molecule has 0 radical (unpaired) electrons. The topological polar surface area (TPSA) is 82.8 Å². The van der Waals surface area contributed by atoms with Gasteiger partial charge in [-0.3, -0.25) is 14.2 Å². The zero-order valence-electron chi connectivity index (χ0n) is 20.5. The van der Waals surface area contributed by atoms with Gasteiger partial charge in [0.05, 0.1) is 25.3 Å². The first-order chi connectivity index (χ1) is 16.9. The van der Waals surface area contributed by atoms with Crippen LogP contribution in [0.2, 0.25) is 0 Å². The number of methoxy groups -OCH3 is 2. The van der Waals surface area contributed by atoms with Gasteiger partial charge in [-0.1, -0.05) is 6.92 Å². The van der Waals surface area contributed by atoms with Gasteiger partial charge >= 0.3 is 5.69 Å². The molecule has 3 heterocycles. The quantitative estimate of drug-likeness (QED) is 0.540. The van der Waals surface area contributed by atoms with Crippen molar-refractivity contribution in [1.82, 2.24) is 14.0 Å². The number of benzene rings is 1. The van der Waals surface area contributed by atoms with Crippen LogP contribution in [0.15, 0.2) is 27.8 Å². The summed E-state index contributed by atoms with van der Waals surface area (Å²) in [5.41, 5.74) is 0.482. The zero-order chi connectivity index (χ0) is 24.7. The molecule has 3 aromatic rings. The van der Waals surface area contributed by atoms with Crippen LogP contribution >= 0.6 is 11.3 Å². The maximum atomic E-state index is 13.9.